The minimum atomic E-state index is -0.334. The maximum atomic E-state index is 13.4. The molecule has 0 spiro atoms. The number of methoxy groups -OCH3 is 1. The smallest absolute Gasteiger partial charge is 0.146 e. The Balaban J connectivity index is 2.02. The summed E-state index contributed by atoms with van der Waals surface area (Å²) >= 11 is 0. The molecule has 1 aliphatic rings. The highest BCUT2D eigenvalue weighted by Crippen LogP contribution is 2.25. The molecule has 0 amide bonds. The average Bonchev–Trinajstić information content (AvgIpc) is 2.34. The van der Waals surface area contributed by atoms with Crippen LogP contribution in [0, 0.1) is 5.82 Å². The second-order valence-corrected chi connectivity index (χ2v) is 5.32. The first kappa shape index (κ1) is 13.3. The Morgan fingerprint density at radius 1 is 1.50 bits per heavy atom. The van der Waals surface area contributed by atoms with Crippen LogP contribution in [0.2, 0.25) is 0 Å². The third kappa shape index (κ3) is 3.00. The van der Waals surface area contributed by atoms with E-state index in [9.17, 15) is 4.39 Å². The van der Waals surface area contributed by atoms with Crippen LogP contribution in [-0.4, -0.2) is 30.7 Å². The van der Waals surface area contributed by atoms with Crippen LogP contribution >= 0.6 is 0 Å². The largest absolute Gasteiger partial charge is 0.396 e. The number of halogens is 1. The van der Waals surface area contributed by atoms with Crippen molar-refractivity contribution in [2.24, 2.45) is 0 Å². The summed E-state index contributed by atoms with van der Waals surface area (Å²) in [6.07, 6.45) is 2.19. The Morgan fingerprint density at radius 3 is 2.94 bits per heavy atom. The Morgan fingerprint density at radius 2 is 2.28 bits per heavy atom. The molecule has 1 aromatic carbocycles. The zero-order valence-corrected chi connectivity index (χ0v) is 11.1. The van der Waals surface area contributed by atoms with Crippen LogP contribution in [0.1, 0.15) is 25.3 Å². The van der Waals surface area contributed by atoms with E-state index in [0.29, 0.717) is 0 Å². The highest BCUT2D eigenvalue weighted by atomic mass is 19.1. The molecule has 1 saturated heterocycles. The summed E-state index contributed by atoms with van der Waals surface area (Å²) in [5.74, 6) is -0.334. The molecule has 0 radical (unpaired) electrons. The Kier molecular flexibility index (Phi) is 3.88. The highest BCUT2D eigenvalue weighted by molar-refractivity contribution is 5.41. The van der Waals surface area contributed by atoms with Crippen molar-refractivity contribution >= 4 is 5.69 Å². The fourth-order valence-electron chi connectivity index (χ4n) is 2.54. The van der Waals surface area contributed by atoms with Crippen molar-refractivity contribution in [3.63, 3.8) is 0 Å². The molecule has 1 fully saturated rings. The molecule has 18 heavy (non-hydrogen) atoms. The maximum Gasteiger partial charge on any atom is 0.146 e. The Hall–Kier alpha value is -1.13. The van der Waals surface area contributed by atoms with Crippen molar-refractivity contribution in [3.8, 4) is 0 Å². The van der Waals surface area contributed by atoms with E-state index in [4.69, 9.17) is 10.5 Å². The molecule has 0 saturated carbocycles. The molecular formula is C14H21FN2O. The average molecular weight is 252 g/mol. The molecule has 2 rings (SSSR count). The second-order valence-electron chi connectivity index (χ2n) is 5.32. The number of nitrogens with two attached hydrogens (primary N) is 1. The quantitative estimate of drug-likeness (QED) is 0.840. The number of anilines is 1. The number of likely N-dealkylation sites (tertiary alicyclic amines) is 1. The zero-order chi connectivity index (χ0) is 13.2. The number of hydrogen-bond acceptors (Lipinski definition) is 3. The summed E-state index contributed by atoms with van der Waals surface area (Å²) in [6, 6.07) is 5.04. The van der Waals surface area contributed by atoms with Gasteiger partial charge in [-0.3, -0.25) is 4.90 Å². The van der Waals surface area contributed by atoms with E-state index in [1.165, 1.54) is 6.07 Å². The van der Waals surface area contributed by atoms with Crippen LogP contribution < -0.4 is 5.73 Å². The number of ether oxygens (including phenoxy) is 1. The van der Waals surface area contributed by atoms with Gasteiger partial charge >= 0.3 is 0 Å². The predicted octanol–water partition coefficient (Wildman–Crippen LogP) is 2.41. The molecule has 3 nitrogen and oxygen atoms in total. The SMILES string of the molecule is COC1(C)CCCN(Cc2ccc(N)c(F)c2)C1. The molecule has 1 atom stereocenters. The van der Waals surface area contributed by atoms with Crippen molar-refractivity contribution in [3.05, 3.63) is 29.6 Å². The molecule has 0 bridgehead atoms. The predicted molar refractivity (Wildman–Crippen MR) is 70.7 cm³/mol. The summed E-state index contributed by atoms with van der Waals surface area (Å²) in [5, 5.41) is 0. The van der Waals surface area contributed by atoms with Gasteiger partial charge in [0.1, 0.15) is 5.82 Å². The van der Waals surface area contributed by atoms with Crippen molar-refractivity contribution in [1.82, 2.24) is 4.90 Å². The van der Waals surface area contributed by atoms with E-state index in [1.54, 1.807) is 13.2 Å². The number of nitrogens with zero attached hydrogens (tertiary/aromatic N) is 1. The van der Waals surface area contributed by atoms with Gasteiger partial charge in [-0.2, -0.15) is 0 Å². The molecule has 0 aromatic heterocycles. The Labute approximate surface area is 108 Å². The number of rotatable bonds is 3. The summed E-state index contributed by atoms with van der Waals surface area (Å²) < 4.78 is 18.9. The number of benzene rings is 1. The van der Waals surface area contributed by atoms with Gasteiger partial charge in [-0.15, -0.1) is 0 Å². The van der Waals surface area contributed by atoms with E-state index in [0.717, 1.165) is 38.0 Å². The highest BCUT2D eigenvalue weighted by Gasteiger charge is 2.30. The van der Waals surface area contributed by atoms with E-state index < -0.39 is 0 Å². The first-order chi connectivity index (χ1) is 8.52. The normalized spacial score (nSPS) is 25.3. The van der Waals surface area contributed by atoms with Gasteiger partial charge in [-0.05, 0) is 44.0 Å². The summed E-state index contributed by atoms with van der Waals surface area (Å²) in [7, 11) is 1.76. The lowest BCUT2D eigenvalue weighted by atomic mass is 9.94. The molecule has 4 heteroatoms. The second kappa shape index (κ2) is 5.24. The van der Waals surface area contributed by atoms with Crippen molar-refractivity contribution < 1.29 is 9.13 Å². The molecular weight excluding hydrogens is 231 g/mol. The number of hydrogen-bond donors (Lipinski definition) is 1. The molecule has 2 N–H and O–H groups in total. The summed E-state index contributed by atoms with van der Waals surface area (Å²) in [6.45, 7) is 4.79. The van der Waals surface area contributed by atoms with E-state index in [2.05, 4.69) is 11.8 Å². The number of piperidine rings is 1. The van der Waals surface area contributed by atoms with E-state index in [-0.39, 0.29) is 17.1 Å². The van der Waals surface area contributed by atoms with Crippen molar-refractivity contribution in [2.45, 2.75) is 31.9 Å². The van der Waals surface area contributed by atoms with Crippen LogP contribution in [-0.2, 0) is 11.3 Å². The van der Waals surface area contributed by atoms with Gasteiger partial charge in [-0.25, -0.2) is 4.39 Å². The summed E-state index contributed by atoms with van der Waals surface area (Å²) in [5.41, 5.74) is 6.57. The van der Waals surface area contributed by atoms with Crippen LogP contribution in [0.5, 0.6) is 0 Å². The molecule has 0 aliphatic carbocycles. The van der Waals surface area contributed by atoms with Crippen LogP contribution in [0.3, 0.4) is 0 Å². The third-order valence-electron chi connectivity index (χ3n) is 3.70. The standard InChI is InChI=1S/C14H21FN2O/c1-14(18-2)6-3-7-17(10-14)9-11-4-5-13(16)12(15)8-11/h4-5,8H,3,6-7,9-10,16H2,1-2H3. The van der Waals surface area contributed by atoms with Gasteiger partial charge in [0.25, 0.3) is 0 Å². The monoisotopic (exact) mass is 252 g/mol. The van der Waals surface area contributed by atoms with E-state index >= 15 is 0 Å². The van der Waals surface area contributed by atoms with Gasteiger partial charge in [0, 0.05) is 20.2 Å². The van der Waals surface area contributed by atoms with Gasteiger partial charge in [0.2, 0.25) is 0 Å². The van der Waals surface area contributed by atoms with Crippen molar-refractivity contribution in [2.75, 3.05) is 25.9 Å². The lowest BCUT2D eigenvalue weighted by molar-refractivity contribution is -0.0527. The Bertz CT molecular complexity index is 424. The molecule has 100 valence electrons. The van der Waals surface area contributed by atoms with Gasteiger partial charge in [-0.1, -0.05) is 6.07 Å². The van der Waals surface area contributed by atoms with Gasteiger partial charge in [0.05, 0.1) is 11.3 Å². The molecule has 1 heterocycles. The van der Waals surface area contributed by atoms with Crippen LogP contribution in [0.25, 0.3) is 0 Å². The summed E-state index contributed by atoms with van der Waals surface area (Å²) in [4.78, 5) is 2.30. The zero-order valence-electron chi connectivity index (χ0n) is 11.1. The van der Waals surface area contributed by atoms with Crippen LogP contribution in [0.4, 0.5) is 10.1 Å². The van der Waals surface area contributed by atoms with Gasteiger partial charge < -0.3 is 10.5 Å². The number of nitrogen functional groups attached to an aromatic ring is 1. The minimum absolute atomic E-state index is 0.0788. The first-order valence-electron chi connectivity index (χ1n) is 6.34. The fraction of sp³-hybridized carbons (Fsp3) is 0.571. The third-order valence-corrected chi connectivity index (χ3v) is 3.70. The van der Waals surface area contributed by atoms with E-state index in [1.807, 2.05) is 6.07 Å². The first-order valence-corrected chi connectivity index (χ1v) is 6.34. The van der Waals surface area contributed by atoms with Crippen molar-refractivity contribution in [1.29, 1.82) is 0 Å². The van der Waals surface area contributed by atoms with Crippen LogP contribution in [0.15, 0.2) is 18.2 Å². The fourth-order valence-corrected chi connectivity index (χ4v) is 2.54. The minimum Gasteiger partial charge on any atom is -0.396 e. The molecule has 1 aliphatic heterocycles. The lowest BCUT2D eigenvalue weighted by Gasteiger charge is -2.39. The lowest BCUT2D eigenvalue weighted by Crippen LogP contribution is -2.46. The molecule has 1 unspecified atom stereocenters. The maximum absolute atomic E-state index is 13.4. The topological polar surface area (TPSA) is 38.5 Å². The van der Waals surface area contributed by atoms with Gasteiger partial charge in [0.15, 0.2) is 0 Å². The molecule has 1 aromatic rings.